The lowest BCUT2D eigenvalue weighted by Gasteiger charge is -2.19. The zero-order valence-electron chi connectivity index (χ0n) is 12.3. The van der Waals surface area contributed by atoms with Crippen LogP contribution in [0.1, 0.15) is 25.3 Å². The van der Waals surface area contributed by atoms with Gasteiger partial charge < -0.3 is 14.8 Å². The molecule has 1 aliphatic rings. The molecule has 0 aromatic heterocycles. The van der Waals surface area contributed by atoms with E-state index in [9.17, 15) is 0 Å². The SMILES string of the molecule is CCOCCCCNCC1=Cc2cc(Cl)cc(Cl)c2OC1. The molecule has 1 heterocycles. The number of halogens is 2. The minimum Gasteiger partial charge on any atom is -0.487 e. The quantitative estimate of drug-likeness (QED) is 0.726. The molecule has 0 saturated carbocycles. The molecule has 5 heteroatoms. The van der Waals surface area contributed by atoms with Crippen molar-refractivity contribution in [2.24, 2.45) is 0 Å². The molecule has 0 unspecified atom stereocenters. The first-order valence-electron chi connectivity index (χ1n) is 7.30. The summed E-state index contributed by atoms with van der Waals surface area (Å²) in [5, 5.41) is 4.62. The fourth-order valence-corrected chi connectivity index (χ4v) is 2.78. The zero-order chi connectivity index (χ0) is 15.1. The average molecular weight is 330 g/mol. The van der Waals surface area contributed by atoms with E-state index in [1.807, 2.05) is 13.0 Å². The van der Waals surface area contributed by atoms with Crippen LogP contribution < -0.4 is 10.1 Å². The summed E-state index contributed by atoms with van der Waals surface area (Å²) in [6.07, 6.45) is 4.30. The topological polar surface area (TPSA) is 30.5 Å². The molecule has 1 N–H and O–H groups in total. The van der Waals surface area contributed by atoms with Crippen molar-refractivity contribution >= 4 is 29.3 Å². The second-order valence-corrected chi connectivity index (χ2v) is 5.82. The summed E-state index contributed by atoms with van der Waals surface area (Å²) in [5.41, 5.74) is 2.15. The highest BCUT2D eigenvalue weighted by Crippen LogP contribution is 2.36. The summed E-state index contributed by atoms with van der Waals surface area (Å²) in [7, 11) is 0. The van der Waals surface area contributed by atoms with Gasteiger partial charge in [-0.25, -0.2) is 0 Å². The van der Waals surface area contributed by atoms with Crippen molar-refractivity contribution < 1.29 is 9.47 Å². The van der Waals surface area contributed by atoms with E-state index < -0.39 is 0 Å². The number of ether oxygens (including phenoxy) is 2. The number of rotatable bonds is 8. The van der Waals surface area contributed by atoms with Crippen LogP contribution in [0.5, 0.6) is 5.75 Å². The average Bonchev–Trinajstić information content (AvgIpc) is 2.45. The third-order valence-electron chi connectivity index (χ3n) is 3.25. The zero-order valence-corrected chi connectivity index (χ0v) is 13.8. The smallest absolute Gasteiger partial charge is 0.145 e. The second kappa shape index (κ2) is 8.64. The summed E-state index contributed by atoms with van der Waals surface area (Å²) >= 11 is 12.1. The van der Waals surface area contributed by atoms with Crippen LogP contribution in [0.15, 0.2) is 17.7 Å². The molecule has 1 aliphatic heterocycles. The Bertz CT molecular complexity index is 503. The minimum atomic E-state index is 0.566. The Morgan fingerprint density at radius 2 is 2.14 bits per heavy atom. The van der Waals surface area contributed by atoms with E-state index in [0.717, 1.165) is 50.5 Å². The Hall–Kier alpha value is -0.740. The fraction of sp³-hybridized carbons (Fsp3) is 0.500. The molecule has 1 aromatic carbocycles. The van der Waals surface area contributed by atoms with Crippen LogP contribution in [-0.2, 0) is 4.74 Å². The Labute approximate surface area is 136 Å². The van der Waals surface area contributed by atoms with Gasteiger partial charge >= 0.3 is 0 Å². The molecule has 116 valence electrons. The Balaban J connectivity index is 1.78. The molecule has 0 radical (unpaired) electrons. The van der Waals surface area contributed by atoms with E-state index in [0.29, 0.717) is 16.7 Å². The van der Waals surface area contributed by atoms with Crippen molar-refractivity contribution in [2.75, 3.05) is 32.9 Å². The maximum Gasteiger partial charge on any atom is 0.145 e. The van der Waals surface area contributed by atoms with E-state index >= 15 is 0 Å². The van der Waals surface area contributed by atoms with Gasteiger partial charge in [0, 0.05) is 30.3 Å². The van der Waals surface area contributed by atoms with Gasteiger partial charge in [0.15, 0.2) is 0 Å². The van der Waals surface area contributed by atoms with Gasteiger partial charge in [-0.05, 0) is 50.1 Å². The number of nitrogens with one attached hydrogen (secondary N) is 1. The highest BCUT2D eigenvalue weighted by Gasteiger charge is 2.15. The molecule has 0 amide bonds. The van der Waals surface area contributed by atoms with Gasteiger partial charge in [-0.1, -0.05) is 23.2 Å². The maximum atomic E-state index is 6.12. The van der Waals surface area contributed by atoms with Crippen molar-refractivity contribution in [3.8, 4) is 5.75 Å². The Morgan fingerprint density at radius 3 is 2.95 bits per heavy atom. The monoisotopic (exact) mass is 329 g/mol. The van der Waals surface area contributed by atoms with Gasteiger partial charge in [0.25, 0.3) is 0 Å². The van der Waals surface area contributed by atoms with Crippen molar-refractivity contribution in [2.45, 2.75) is 19.8 Å². The molecule has 0 fully saturated rings. The molecular formula is C16H21Cl2NO2. The van der Waals surface area contributed by atoms with Crippen LogP contribution in [0.3, 0.4) is 0 Å². The highest BCUT2D eigenvalue weighted by molar-refractivity contribution is 6.36. The largest absolute Gasteiger partial charge is 0.487 e. The summed E-state index contributed by atoms with van der Waals surface area (Å²) in [4.78, 5) is 0. The van der Waals surface area contributed by atoms with E-state index in [2.05, 4.69) is 11.4 Å². The summed E-state index contributed by atoms with van der Waals surface area (Å²) in [6.45, 7) is 6.02. The number of unbranched alkanes of at least 4 members (excludes halogenated alkanes) is 1. The summed E-state index contributed by atoms with van der Waals surface area (Å²) in [6, 6.07) is 3.58. The van der Waals surface area contributed by atoms with Crippen LogP contribution in [-0.4, -0.2) is 32.9 Å². The first kappa shape index (κ1) is 16.6. The van der Waals surface area contributed by atoms with Crippen LogP contribution >= 0.6 is 23.2 Å². The minimum absolute atomic E-state index is 0.566. The molecule has 0 spiro atoms. The van der Waals surface area contributed by atoms with Crippen LogP contribution in [0.4, 0.5) is 0 Å². The normalized spacial score (nSPS) is 13.6. The number of fused-ring (bicyclic) bond motifs is 1. The predicted molar refractivity (Wildman–Crippen MR) is 88.5 cm³/mol. The molecule has 0 aliphatic carbocycles. The first-order valence-corrected chi connectivity index (χ1v) is 8.06. The van der Waals surface area contributed by atoms with Gasteiger partial charge in [0.2, 0.25) is 0 Å². The number of benzene rings is 1. The van der Waals surface area contributed by atoms with Gasteiger partial charge in [-0.2, -0.15) is 0 Å². The van der Waals surface area contributed by atoms with Gasteiger partial charge in [0.05, 0.1) is 5.02 Å². The van der Waals surface area contributed by atoms with E-state index in [1.54, 1.807) is 6.07 Å². The van der Waals surface area contributed by atoms with Crippen LogP contribution in [0.25, 0.3) is 6.08 Å². The van der Waals surface area contributed by atoms with E-state index in [4.69, 9.17) is 32.7 Å². The number of hydrogen-bond donors (Lipinski definition) is 1. The van der Waals surface area contributed by atoms with Crippen molar-refractivity contribution in [3.05, 3.63) is 33.3 Å². The van der Waals surface area contributed by atoms with Crippen molar-refractivity contribution in [1.82, 2.24) is 5.32 Å². The molecule has 3 nitrogen and oxygen atoms in total. The molecule has 0 bridgehead atoms. The lowest BCUT2D eigenvalue weighted by atomic mass is 10.1. The molecular weight excluding hydrogens is 309 g/mol. The molecule has 0 atom stereocenters. The first-order chi connectivity index (χ1) is 10.2. The second-order valence-electron chi connectivity index (χ2n) is 4.98. The van der Waals surface area contributed by atoms with E-state index in [1.165, 1.54) is 5.57 Å². The number of hydrogen-bond acceptors (Lipinski definition) is 3. The van der Waals surface area contributed by atoms with Crippen molar-refractivity contribution in [1.29, 1.82) is 0 Å². The van der Waals surface area contributed by atoms with Gasteiger partial charge in [-0.3, -0.25) is 0 Å². The summed E-state index contributed by atoms with van der Waals surface area (Å²) in [5.74, 6) is 0.724. The third-order valence-corrected chi connectivity index (χ3v) is 3.75. The van der Waals surface area contributed by atoms with Crippen LogP contribution in [0, 0.1) is 0 Å². The van der Waals surface area contributed by atoms with Crippen molar-refractivity contribution in [3.63, 3.8) is 0 Å². The standard InChI is InChI=1S/C16H21Cl2NO2/c1-2-20-6-4-3-5-19-10-12-7-13-8-14(17)9-15(18)16(13)21-11-12/h7-9,19H,2-6,10-11H2,1H3. The molecule has 0 saturated heterocycles. The van der Waals surface area contributed by atoms with Gasteiger partial charge in [0.1, 0.15) is 12.4 Å². The molecule has 2 rings (SSSR count). The fourth-order valence-electron chi connectivity index (χ4n) is 2.22. The summed E-state index contributed by atoms with van der Waals surface area (Å²) < 4.78 is 11.0. The lowest BCUT2D eigenvalue weighted by Crippen LogP contribution is -2.23. The predicted octanol–water partition coefficient (Wildman–Crippen LogP) is 4.18. The van der Waals surface area contributed by atoms with Gasteiger partial charge in [-0.15, -0.1) is 0 Å². The van der Waals surface area contributed by atoms with E-state index in [-0.39, 0.29) is 0 Å². The third kappa shape index (κ3) is 5.19. The maximum absolute atomic E-state index is 6.12. The Kier molecular flexibility index (Phi) is 6.84. The Morgan fingerprint density at radius 1 is 1.29 bits per heavy atom. The highest BCUT2D eigenvalue weighted by atomic mass is 35.5. The molecule has 21 heavy (non-hydrogen) atoms. The lowest BCUT2D eigenvalue weighted by molar-refractivity contribution is 0.143. The molecule has 1 aromatic rings. The van der Waals surface area contributed by atoms with Crippen LogP contribution in [0.2, 0.25) is 10.0 Å².